The van der Waals surface area contributed by atoms with E-state index in [-0.39, 0.29) is 0 Å². The molecule has 0 aromatic rings. The first-order valence-electron chi connectivity index (χ1n) is 7.32. The van der Waals surface area contributed by atoms with Crippen LogP contribution in [0.5, 0.6) is 0 Å². The van der Waals surface area contributed by atoms with Crippen LogP contribution in [0.3, 0.4) is 0 Å². The van der Waals surface area contributed by atoms with E-state index in [1.165, 1.54) is 32.1 Å². The van der Waals surface area contributed by atoms with E-state index < -0.39 is 0 Å². The van der Waals surface area contributed by atoms with Gasteiger partial charge in [0.15, 0.2) is 0 Å². The van der Waals surface area contributed by atoms with Gasteiger partial charge in [-0.3, -0.25) is 0 Å². The normalized spacial score (nSPS) is 15.2. The number of hydrogen-bond acceptors (Lipinski definition) is 2. The van der Waals surface area contributed by atoms with E-state index in [4.69, 9.17) is 4.74 Å². The molecule has 1 N–H and O–H groups in total. The molecule has 1 atom stereocenters. The van der Waals surface area contributed by atoms with Gasteiger partial charge in [-0.25, -0.2) is 0 Å². The predicted octanol–water partition coefficient (Wildman–Crippen LogP) is 3.86. The lowest BCUT2D eigenvalue weighted by Crippen LogP contribution is -2.33. The Hall–Kier alpha value is -0.0800. The number of unbranched alkanes of at least 4 members (excludes halogenated alkanes) is 1. The van der Waals surface area contributed by atoms with Crippen molar-refractivity contribution in [2.24, 2.45) is 11.3 Å². The van der Waals surface area contributed by atoms with E-state index in [9.17, 15) is 0 Å². The van der Waals surface area contributed by atoms with Crippen molar-refractivity contribution in [2.45, 2.75) is 59.8 Å². The highest BCUT2D eigenvalue weighted by atomic mass is 16.5. The number of hydrogen-bond donors (Lipinski definition) is 1. The Balaban J connectivity index is 4.06. The molecule has 0 bridgehead atoms. The molecule has 0 aliphatic rings. The van der Waals surface area contributed by atoms with Gasteiger partial charge < -0.3 is 10.1 Å². The molecule has 0 aliphatic carbocycles. The Morgan fingerprint density at radius 2 is 1.88 bits per heavy atom. The van der Waals surface area contributed by atoms with Gasteiger partial charge in [0.25, 0.3) is 0 Å². The van der Waals surface area contributed by atoms with Gasteiger partial charge in [-0.2, -0.15) is 0 Å². The molecule has 0 amide bonds. The third-order valence-corrected chi connectivity index (χ3v) is 3.59. The summed E-state index contributed by atoms with van der Waals surface area (Å²) in [4.78, 5) is 0. The van der Waals surface area contributed by atoms with Gasteiger partial charge in [0.2, 0.25) is 0 Å². The van der Waals surface area contributed by atoms with E-state index in [2.05, 4.69) is 40.1 Å². The van der Waals surface area contributed by atoms with Crippen molar-refractivity contribution in [3.8, 4) is 0 Å². The number of nitrogens with one attached hydrogen (secondary N) is 1. The fourth-order valence-electron chi connectivity index (χ4n) is 2.31. The van der Waals surface area contributed by atoms with Crippen molar-refractivity contribution in [3.63, 3.8) is 0 Å². The van der Waals surface area contributed by atoms with E-state index in [1.54, 1.807) is 0 Å². The van der Waals surface area contributed by atoms with Gasteiger partial charge >= 0.3 is 0 Å². The maximum absolute atomic E-state index is 5.75. The lowest BCUT2D eigenvalue weighted by atomic mass is 9.77. The van der Waals surface area contributed by atoms with Crippen LogP contribution in [0.1, 0.15) is 59.8 Å². The molecule has 17 heavy (non-hydrogen) atoms. The molecule has 0 spiro atoms. The first-order chi connectivity index (χ1) is 8.10. The van der Waals surface area contributed by atoms with Crippen LogP contribution in [0.15, 0.2) is 0 Å². The summed E-state index contributed by atoms with van der Waals surface area (Å²) in [6, 6.07) is 0. The molecule has 0 rings (SSSR count). The summed E-state index contributed by atoms with van der Waals surface area (Å²) in [5.41, 5.74) is 0.446. The Bertz CT molecular complexity index is 170. The zero-order valence-corrected chi connectivity index (χ0v) is 12.6. The molecule has 1 unspecified atom stereocenters. The summed E-state index contributed by atoms with van der Waals surface area (Å²) >= 11 is 0. The lowest BCUT2D eigenvalue weighted by Gasteiger charge is -2.33. The molecule has 0 aliphatic heterocycles. The second-order valence-electron chi connectivity index (χ2n) is 5.71. The van der Waals surface area contributed by atoms with Crippen LogP contribution in [0, 0.1) is 11.3 Å². The van der Waals surface area contributed by atoms with Crippen LogP contribution in [0.4, 0.5) is 0 Å². The van der Waals surface area contributed by atoms with Crippen molar-refractivity contribution in [3.05, 3.63) is 0 Å². The molecule has 0 saturated heterocycles. The Morgan fingerprint density at radius 1 is 1.18 bits per heavy atom. The van der Waals surface area contributed by atoms with Crippen molar-refractivity contribution in [1.82, 2.24) is 5.32 Å². The second kappa shape index (κ2) is 9.90. The smallest absolute Gasteiger partial charge is 0.0488 e. The number of ether oxygens (including phenoxy) is 1. The predicted molar refractivity (Wildman–Crippen MR) is 76.4 cm³/mol. The first-order valence-corrected chi connectivity index (χ1v) is 7.32. The summed E-state index contributed by atoms with van der Waals surface area (Å²) in [6.07, 6.45) is 6.39. The van der Waals surface area contributed by atoms with Gasteiger partial charge in [-0.1, -0.05) is 40.5 Å². The van der Waals surface area contributed by atoms with Crippen molar-refractivity contribution >= 4 is 0 Å². The molecule has 0 fully saturated rings. The highest BCUT2D eigenvalue weighted by Crippen LogP contribution is 2.32. The molecular weight excluding hydrogens is 210 g/mol. The van der Waals surface area contributed by atoms with Crippen molar-refractivity contribution in [2.75, 3.05) is 26.8 Å². The minimum absolute atomic E-state index is 0.446. The minimum atomic E-state index is 0.446. The van der Waals surface area contributed by atoms with Crippen LogP contribution < -0.4 is 5.32 Å². The van der Waals surface area contributed by atoms with Gasteiger partial charge in [0.05, 0.1) is 0 Å². The molecule has 0 saturated carbocycles. The second-order valence-corrected chi connectivity index (χ2v) is 5.71. The van der Waals surface area contributed by atoms with Gasteiger partial charge in [0.1, 0.15) is 0 Å². The van der Waals surface area contributed by atoms with Crippen LogP contribution in [-0.4, -0.2) is 26.8 Å². The van der Waals surface area contributed by atoms with Gasteiger partial charge in [-0.05, 0) is 37.6 Å². The summed E-state index contributed by atoms with van der Waals surface area (Å²) in [5.74, 6) is 0.644. The van der Waals surface area contributed by atoms with Crippen LogP contribution in [0.25, 0.3) is 0 Å². The lowest BCUT2D eigenvalue weighted by molar-refractivity contribution is 0.0703. The monoisotopic (exact) mass is 243 g/mol. The molecule has 2 heteroatoms. The maximum Gasteiger partial charge on any atom is 0.0488 e. The van der Waals surface area contributed by atoms with Crippen molar-refractivity contribution in [1.29, 1.82) is 0 Å². The SMILES string of the molecule is CCCCC(CC)(CCOCC(C)C)CNC. The average Bonchev–Trinajstić information content (AvgIpc) is 2.31. The highest BCUT2D eigenvalue weighted by molar-refractivity contribution is 4.79. The van der Waals surface area contributed by atoms with Gasteiger partial charge in [0, 0.05) is 19.8 Å². The molecule has 104 valence electrons. The maximum atomic E-state index is 5.75. The highest BCUT2D eigenvalue weighted by Gasteiger charge is 2.26. The fourth-order valence-corrected chi connectivity index (χ4v) is 2.31. The van der Waals surface area contributed by atoms with E-state index in [0.717, 1.165) is 19.8 Å². The van der Waals surface area contributed by atoms with E-state index in [0.29, 0.717) is 11.3 Å². The standard InChI is InChI=1S/C15H33NO/c1-6-8-9-15(7-2,13-16-5)10-11-17-12-14(3)4/h14,16H,6-13H2,1-5H3. The van der Waals surface area contributed by atoms with Crippen LogP contribution >= 0.6 is 0 Å². The van der Waals surface area contributed by atoms with E-state index >= 15 is 0 Å². The van der Waals surface area contributed by atoms with Crippen molar-refractivity contribution < 1.29 is 4.74 Å². The summed E-state index contributed by atoms with van der Waals surface area (Å²) < 4.78 is 5.75. The molecular formula is C15H33NO. The molecule has 0 aromatic carbocycles. The third-order valence-electron chi connectivity index (χ3n) is 3.59. The zero-order valence-electron chi connectivity index (χ0n) is 12.6. The Kier molecular flexibility index (Phi) is 9.85. The molecule has 0 aromatic heterocycles. The topological polar surface area (TPSA) is 21.3 Å². The first kappa shape index (κ1) is 16.9. The molecule has 2 nitrogen and oxygen atoms in total. The zero-order chi connectivity index (χ0) is 13.1. The largest absolute Gasteiger partial charge is 0.381 e. The Labute approximate surface area is 109 Å². The Morgan fingerprint density at radius 3 is 2.35 bits per heavy atom. The molecule has 0 heterocycles. The average molecular weight is 243 g/mol. The molecule has 0 radical (unpaired) electrons. The number of rotatable bonds is 11. The summed E-state index contributed by atoms with van der Waals surface area (Å²) in [5, 5.41) is 3.36. The summed E-state index contributed by atoms with van der Waals surface area (Å²) in [6.45, 7) is 11.9. The summed E-state index contributed by atoms with van der Waals surface area (Å²) in [7, 11) is 2.06. The van der Waals surface area contributed by atoms with E-state index in [1.807, 2.05) is 0 Å². The van der Waals surface area contributed by atoms with Gasteiger partial charge in [-0.15, -0.1) is 0 Å². The van der Waals surface area contributed by atoms with Crippen LogP contribution in [0.2, 0.25) is 0 Å². The van der Waals surface area contributed by atoms with Crippen LogP contribution in [-0.2, 0) is 4.74 Å². The minimum Gasteiger partial charge on any atom is -0.381 e. The fraction of sp³-hybridized carbons (Fsp3) is 1.00. The quantitative estimate of drug-likeness (QED) is 0.556. The third kappa shape index (κ3) is 7.77.